The van der Waals surface area contributed by atoms with Crippen molar-refractivity contribution in [1.82, 2.24) is 10.3 Å². The topological polar surface area (TPSA) is 114 Å². The number of aromatic nitrogens is 1. The summed E-state index contributed by atoms with van der Waals surface area (Å²) in [5.74, 6) is -0.807. The predicted molar refractivity (Wildman–Crippen MR) is 138 cm³/mol. The molecule has 0 fully saturated rings. The van der Waals surface area contributed by atoms with E-state index >= 15 is 0 Å². The average Bonchev–Trinajstić information content (AvgIpc) is 2.92. The second-order valence-electron chi connectivity index (χ2n) is 7.82. The smallest absolute Gasteiger partial charge is 0.270 e. The number of carbonyl (C=O) groups is 2. The monoisotopic (exact) mass is 478 g/mol. The number of hydrogen-bond donors (Lipinski definition) is 2. The summed E-state index contributed by atoms with van der Waals surface area (Å²) in [4.78, 5) is 41.1. The summed E-state index contributed by atoms with van der Waals surface area (Å²) in [5.41, 5.74) is 2.83. The minimum Gasteiger partial charge on any atom is -0.348 e. The summed E-state index contributed by atoms with van der Waals surface area (Å²) in [6.45, 7) is 0.289. The Hall–Kier alpha value is -5.11. The molecule has 2 amide bonds. The summed E-state index contributed by atoms with van der Waals surface area (Å²) in [5, 5.41) is 16.9. The maximum Gasteiger partial charge on any atom is 0.270 e. The molecule has 36 heavy (non-hydrogen) atoms. The largest absolute Gasteiger partial charge is 0.348 e. The van der Waals surface area contributed by atoms with Gasteiger partial charge in [-0.05, 0) is 41.0 Å². The van der Waals surface area contributed by atoms with Crippen LogP contribution in [0, 0.1) is 10.1 Å². The fraction of sp³-hybridized carbons (Fsp3) is 0.0357. The van der Waals surface area contributed by atoms with Crippen LogP contribution in [0.1, 0.15) is 27.0 Å². The van der Waals surface area contributed by atoms with Crippen LogP contribution >= 0.6 is 0 Å². The van der Waals surface area contributed by atoms with Gasteiger partial charge in [0.1, 0.15) is 0 Å². The van der Waals surface area contributed by atoms with Crippen LogP contribution in [0.5, 0.6) is 0 Å². The number of rotatable bonds is 8. The molecule has 4 aromatic rings. The van der Waals surface area contributed by atoms with Gasteiger partial charge in [0.05, 0.1) is 16.2 Å². The van der Waals surface area contributed by atoms with Gasteiger partial charge in [0.15, 0.2) is 0 Å². The van der Waals surface area contributed by atoms with Gasteiger partial charge in [0, 0.05) is 36.6 Å². The number of pyridine rings is 1. The van der Waals surface area contributed by atoms with Crippen molar-refractivity contribution in [2.24, 2.45) is 0 Å². The van der Waals surface area contributed by atoms with Gasteiger partial charge in [0.25, 0.3) is 17.5 Å². The van der Waals surface area contributed by atoms with E-state index in [1.54, 1.807) is 85.2 Å². The summed E-state index contributed by atoms with van der Waals surface area (Å²) in [7, 11) is 0. The van der Waals surface area contributed by atoms with Crippen LogP contribution in [-0.4, -0.2) is 21.7 Å². The molecule has 0 aliphatic heterocycles. The molecule has 1 aromatic heterocycles. The Labute approximate surface area is 207 Å². The van der Waals surface area contributed by atoms with Gasteiger partial charge in [-0.1, -0.05) is 60.7 Å². The Morgan fingerprint density at radius 1 is 0.917 bits per heavy atom. The molecule has 0 atom stereocenters. The summed E-state index contributed by atoms with van der Waals surface area (Å²) in [6, 6.07) is 25.3. The van der Waals surface area contributed by atoms with E-state index < -0.39 is 10.8 Å². The molecule has 8 heteroatoms. The normalized spacial score (nSPS) is 10.9. The molecule has 1 heterocycles. The number of non-ortho nitro benzene ring substituents is 1. The Morgan fingerprint density at radius 2 is 1.69 bits per heavy atom. The highest BCUT2D eigenvalue weighted by atomic mass is 16.6. The number of nitro groups is 1. The minimum absolute atomic E-state index is 0.0767. The van der Waals surface area contributed by atoms with E-state index in [0.717, 1.165) is 5.56 Å². The van der Waals surface area contributed by atoms with Crippen molar-refractivity contribution in [2.45, 2.75) is 6.54 Å². The van der Waals surface area contributed by atoms with Crippen LogP contribution in [0.2, 0.25) is 0 Å². The molecule has 0 saturated heterocycles. The molecule has 0 unspecified atom stereocenters. The lowest BCUT2D eigenvalue weighted by Crippen LogP contribution is -2.25. The lowest BCUT2D eigenvalue weighted by molar-refractivity contribution is -0.384. The van der Waals surface area contributed by atoms with Crippen LogP contribution in [-0.2, 0) is 11.3 Å². The third kappa shape index (κ3) is 6.06. The molecule has 0 aliphatic rings. The van der Waals surface area contributed by atoms with E-state index in [-0.39, 0.29) is 18.1 Å². The van der Waals surface area contributed by atoms with Crippen LogP contribution in [0.15, 0.2) is 103 Å². The van der Waals surface area contributed by atoms with Crippen molar-refractivity contribution in [3.05, 3.63) is 136 Å². The third-order valence-corrected chi connectivity index (χ3v) is 5.32. The van der Waals surface area contributed by atoms with Crippen molar-refractivity contribution in [1.29, 1.82) is 0 Å². The molecule has 0 spiro atoms. The molecular weight excluding hydrogens is 456 g/mol. The van der Waals surface area contributed by atoms with Crippen molar-refractivity contribution < 1.29 is 14.5 Å². The zero-order valence-electron chi connectivity index (χ0n) is 19.1. The number of para-hydroxylation sites is 1. The van der Waals surface area contributed by atoms with Gasteiger partial charge < -0.3 is 10.6 Å². The lowest BCUT2D eigenvalue weighted by atomic mass is 10.0. The van der Waals surface area contributed by atoms with Crippen LogP contribution in [0.3, 0.4) is 0 Å². The van der Waals surface area contributed by atoms with Crippen LogP contribution in [0.25, 0.3) is 11.6 Å². The molecule has 4 rings (SSSR count). The highest BCUT2D eigenvalue weighted by Gasteiger charge is 2.17. The van der Waals surface area contributed by atoms with Crippen molar-refractivity contribution in [3.8, 4) is 0 Å². The SMILES string of the molecule is O=C(Nc1ccccc1C(=O)NCc1cccnc1)/C(=C/c1cccc([N+](=O)[O-])c1)c1ccccc1. The Morgan fingerprint density at radius 3 is 2.44 bits per heavy atom. The maximum atomic E-state index is 13.4. The van der Waals surface area contributed by atoms with Crippen LogP contribution in [0.4, 0.5) is 11.4 Å². The first-order chi connectivity index (χ1) is 17.5. The first-order valence-electron chi connectivity index (χ1n) is 11.1. The molecule has 0 bridgehead atoms. The van der Waals surface area contributed by atoms with E-state index in [1.165, 1.54) is 12.1 Å². The molecule has 2 N–H and O–H groups in total. The fourth-order valence-corrected chi connectivity index (χ4v) is 3.55. The highest BCUT2D eigenvalue weighted by Crippen LogP contribution is 2.24. The van der Waals surface area contributed by atoms with Gasteiger partial charge in [0.2, 0.25) is 0 Å². The molecular formula is C28H22N4O4. The average molecular weight is 479 g/mol. The van der Waals surface area contributed by atoms with Crippen molar-refractivity contribution in [3.63, 3.8) is 0 Å². The standard InChI is InChI=1S/C28H22N4O4/c33-27(30-19-21-9-7-15-29-18-21)24-13-4-5-14-26(24)31-28(34)25(22-10-2-1-3-11-22)17-20-8-6-12-23(16-20)32(35)36/h1-18H,19H2,(H,30,33)(H,31,34)/b25-17+. The quantitative estimate of drug-likeness (QED) is 0.158. The van der Waals surface area contributed by atoms with Gasteiger partial charge in [-0.2, -0.15) is 0 Å². The fourth-order valence-electron chi connectivity index (χ4n) is 3.55. The number of nitrogens with one attached hydrogen (secondary N) is 2. The van der Waals surface area contributed by atoms with Gasteiger partial charge in [-0.3, -0.25) is 24.7 Å². The van der Waals surface area contributed by atoms with E-state index in [0.29, 0.717) is 28.0 Å². The molecule has 8 nitrogen and oxygen atoms in total. The van der Waals surface area contributed by atoms with Gasteiger partial charge in [-0.25, -0.2) is 0 Å². The number of nitrogens with zero attached hydrogens (tertiary/aromatic N) is 2. The first kappa shape index (κ1) is 24.0. The number of hydrogen-bond acceptors (Lipinski definition) is 5. The van der Waals surface area contributed by atoms with Crippen LogP contribution < -0.4 is 10.6 Å². The molecule has 178 valence electrons. The minimum atomic E-state index is -0.486. The second-order valence-corrected chi connectivity index (χ2v) is 7.82. The van der Waals surface area contributed by atoms with E-state index in [4.69, 9.17) is 0 Å². The summed E-state index contributed by atoms with van der Waals surface area (Å²) in [6.07, 6.45) is 4.91. The van der Waals surface area contributed by atoms with E-state index in [2.05, 4.69) is 15.6 Å². The number of benzene rings is 3. The molecule has 0 saturated carbocycles. The van der Waals surface area contributed by atoms with E-state index in [9.17, 15) is 19.7 Å². The van der Waals surface area contributed by atoms with Gasteiger partial charge >= 0.3 is 0 Å². The lowest BCUT2D eigenvalue weighted by Gasteiger charge is -2.13. The van der Waals surface area contributed by atoms with Crippen molar-refractivity contribution in [2.75, 3.05) is 5.32 Å². The number of nitro benzene ring substituents is 1. The third-order valence-electron chi connectivity index (χ3n) is 5.32. The number of carbonyl (C=O) groups excluding carboxylic acids is 2. The zero-order chi connectivity index (χ0) is 25.3. The summed E-state index contributed by atoms with van der Waals surface area (Å²) >= 11 is 0. The second kappa shape index (κ2) is 11.3. The zero-order valence-corrected chi connectivity index (χ0v) is 19.1. The molecule has 0 aliphatic carbocycles. The van der Waals surface area contributed by atoms with Gasteiger partial charge in [-0.15, -0.1) is 0 Å². The Balaban J connectivity index is 1.61. The number of anilines is 1. The predicted octanol–water partition coefficient (Wildman–Crippen LogP) is 5.10. The highest BCUT2D eigenvalue weighted by molar-refractivity contribution is 6.29. The maximum absolute atomic E-state index is 13.4. The first-order valence-corrected chi connectivity index (χ1v) is 11.1. The molecule has 3 aromatic carbocycles. The summed E-state index contributed by atoms with van der Waals surface area (Å²) < 4.78 is 0. The number of amides is 2. The molecule has 0 radical (unpaired) electrons. The Bertz CT molecular complexity index is 1420. The Kier molecular flexibility index (Phi) is 7.57. The van der Waals surface area contributed by atoms with Crippen molar-refractivity contribution >= 4 is 34.8 Å². The van der Waals surface area contributed by atoms with E-state index in [1.807, 2.05) is 12.1 Å².